The van der Waals surface area contributed by atoms with Gasteiger partial charge in [-0.2, -0.15) is 0 Å². The SMILES string of the molecule is CC(=CC=O)CCC1(C)C(CO)CCC2(C)C(C)=CCCC21. The summed E-state index contributed by atoms with van der Waals surface area (Å²) in [5.41, 5.74) is 3.16. The van der Waals surface area contributed by atoms with Crippen LogP contribution in [-0.4, -0.2) is 18.0 Å². The molecule has 0 aliphatic heterocycles. The molecule has 0 aromatic heterocycles. The summed E-state index contributed by atoms with van der Waals surface area (Å²) in [4.78, 5) is 10.7. The van der Waals surface area contributed by atoms with Gasteiger partial charge in [0.25, 0.3) is 0 Å². The van der Waals surface area contributed by atoms with E-state index in [1.54, 1.807) is 11.6 Å². The number of carbonyl (C=O) groups excluding carboxylic acids is 1. The van der Waals surface area contributed by atoms with Crippen LogP contribution in [0.2, 0.25) is 0 Å². The van der Waals surface area contributed by atoms with Gasteiger partial charge in [0.05, 0.1) is 0 Å². The fraction of sp³-hybridized carbons (Fsp3) is 0.750. The zero-order valence-corrected chi connectivity index (χ0v) is 14.7. The van der Waals surface area contributed by atoms with Crippen LogP contribution in [0.1, 0.15) is 66.2 Å². The molecule has 0 amide bonds. The van der Waals surface area contributed by atoms with Crippen molar-refractivity contribution in [3.63, 3.8) is 0 Å². The molecule has 124 valence electrons. The molecular weight excluding hydrogens is 272 g/mol. The lowest BCUT2D eigenvalue weighted by molar-refractivity contribution is -0.104. The lowest BCUT2D eigenvalue weighted by Gasteiger charge is -2.58. The topological polar surface area (TPSA) is 37.3 Å². The van der Waals surface area contributed by atoms with Crippen LogP contribution >= 0.6 is 0 Å². The average molecular weight is 304 g/mol. The Balaban J connectivity index is 2.29. The summed E-state index contributed by atoms with van der Waals surface area (Å²) >= 11 is 0. The molecule has 0 bridgehead atoms. The van der Waals surface area contributed by atoms with E-state index in [1.165, 1.54) is 19.3 Å². The van der Waals surface area contributed by atoms with E-state index in [0.717, 1.165) is 31.1 Å². The lowest BCUT2D eigenvalue weighted by atomic mass is 9.46. The standard InChI is InChI=1S/C20H32O2/c1-15(10-13-21)8-11-20(4)17(14-22)9-12-19(3)16(2)6-5-7-18(19)20/h6,10,13,17-18,22H,5,7-9,11-12,14H2,1-4H3. The molecule has 1 N–H and O–H groups in total. The van der Waals surface area contributed by atoms with Gasteiger partial charge in [-0.05, 0) is 81.1 Å². The predicted molar refractivity (Wildman–Crippen MR) is 91.6 cm³/mol. The first-order chi connectivity index (χ1) is 10.4. The summed E-state index contributed by atoms with van der Waals surface area (Å²) in [5.74, 6) is 1.03. The molecule has 0 spiro atoms. The number of rotatable bonds is 5. The number of hydrogen-bond donors (Lipinski definition) is 1. The molecule has 22 heavy (non-hydrogen) atoms. The first-order valence-corrected chi connectivity index (χ1v) is 8.77. The fourth-order valence-electron chi connectivity index (χ4n) is 5.15. The first-order valence-electron chi connectivity index (χ1n) is 8.77. The number of aliphatic hydroxyl groups is 1. The van der Waals surface area contributed by atoms with Gasteiger partial charge in [-0.25, -0.2) is 0 Å². The molecule has 0 aromatic carbocycles. The number of carbonyl (C=O) groups is 1. The van der Waals surface area contributed by atoms with Gasteiger partial charge in [-0.15, -0.1) is 0 Å². The molecule has 2 aliphatic carbocycles. The zero-order chi connectivity index (χ0) is 16.4. The summed E-state index contributed by atoms with van der Waals surface area (Å²) in [5, 5.41) is 9.95. The van der Waals surface area contributed by atoms with Crippen LogP contribution in [0.3, 0.4) is 0 Å². The van der Waals surface area contributed by atoms with E-state index in [2.05, 4.69) is 26.8 Å². The highest BCUT2D eigenvalue weighted by Gasteiger charge is 2.53. The Bertz CT molecular complexity index is 476. The third kappa shape index (κ3) is 2.95. The quantitative estimate of drug-likeness (QED) is 0.455. The molecule has 2 aliphatic rings. The van der Waals surface area contributed by atoms with Gasteiger partial charge in [0.1, 0.15) is 6.29 Å². The van der Waals surface area contributed by atoms with E-state index >= 15 is 0 Å². The third-order valence-corrected chi connectivity index (χ3v) is 6.95. The largest absolute Gasteiger partial charge is 0.396 e. The second-order valence-corrected chi connectivity index (χ2v) is 8.01. The summed E-state index contributed by atoms with van der Waals surface area (Å²) in [6.07, 6.45) is 11.7. The van der Waals surface area contributed by atoms with Gasteiger partial charge in [-0.1, -0.05) is 31.1 Å². The highest BCUT2D eigenvalue weighted by atomic mass is 16.3. The van der Waals surface area contributed by atoms with Crippen molar-refractivity contribution in [1.82, 2.24) is 0 Å². The van der Waals surface area contributed by atoms with E-state index < -0.39 is 0 Å². The monoisotopic (exact) mass is 304 g/mol. The van der Waals surface area contributed by atoms with E-state index in [9.17, 15) is 9.90 Å². The molecule has 0 heterocycles. The number of aldehydes is 1. The molecule has 1 saturated carbocycles. The molecule has 2 heteroatoms. The van der Waals surface area contributed by atoms with Crippen molar-refractivity contribution in [3.05, 3.63) is 23.3 Å². The van der Waals surface area contributed by atoms with Gasteiger partial charge in [0.15, 0.2) is 0 Å². The Morgan fingerprint density at radius 2 is 2.14 bits per heavy atom. The number of allylic oxidation sites excluding steroid dienone is 4. The minimum atomic E-state index is 0.162. The molecule has 4 atom stereocenters. The molecule has 1 fully saturated rings. The van der Waals surface area contributed by atoms with Gasteiger partial charge in [0, 0.05) is 6.61 Å². The third-order valence-electron chi connectivity index (χ3n) is 6.95. The Morgan fingerprint density at radius 1 is 1.41 bits per heavy atom. The molecule has 4 unspecified atom stereocenters. The Morgan fingerprint density at radius 3 is 2.77 bits per heavy atom. The average Bonchev–Trinajstić information content (AvgIpc) is 2.48. The Hall–Kier alpha value is -0.890. The molecule has 0 saturated heterocycles. The van der Waals surface area contributed by atoms with Crippen LogP contribution in [0.5, 0.6) is 0 Å². The maximum Gasteiger partial charge on any atom is 0.142 e. The molecule has 2 nitrogen and oxygen atoms in total. The highest BCUT2D eigenvalue weighted by Crippen LogP contribution is 2.61. The molecule has 2 rings (SSSR count). The number of hydrogen-bond acceptors (Lipinski definition) is 2. The number of fused-ring (bicyclic) bond motifs is 1. The van der Waals surface area contributed by atoms with Gasteiger partial charge >= 0.3 is 0 Å². The van der Waals surface area contributed by atoms with Gasteiger partial charge in [0.2, 0.25) is 0 Å². The van der Waals surface area contributed by atoms with Crippen LogP contribution in [0, 0.1) is 22.7 Å². The van der Waals surface area contributed by atoms with E-state index in [4.69, 9.17) is 0 Å². The van der Waals surface area contributed by atoms with Crippen LogP contribution in [0.4, 0.5) is 0 Å². The van der Waals surface area contributed by atoms with Crippen molar-refractivity contribution in [2.75, 3.05) is 6.61 Å². The fourth-order valence-corrected chi connectivity index (χ4v) is 5.15. The minimum Gasteiger partial charge on any atom is -0.396 e. The first kappa shape index (κ1) is 17.5. The summed E-state index contributed by atoms with van der Waals surface area (Å²) in [6.45, 7) is 9.46. The van der Waals surface area contributed by atoms with Crippen LogP contribution in [0.15, 0.2) is 23.3 Å². The zero-order valence-electron chi connectivity index (χ0n) is 14.7. The smallest absolute Gasteiger partial charge is 0.142 e. The van der Waals surface area contributed by atoms with Gasteiger partial charge < -0.3 is 5.11 Å². The van der Waals surface area contributed by atoms with Crippen molar-refractivity contribution in [2.24, 2.45) is 22.7 Å². The van der Waals surface area contributed by atoms with Crippen LogP contribution in [-0.2, 0) is 4.79 Å². The maximum absolute atomic E-state index is 10.7. The summed E-state index contributed by atoms with van der Waals surface area (Å²) in [6, 6.07) is 0. The van der Waals surface area contributed by atoms with E-state index in [1.807, 2.05) is 6.92 Å². The second-order valence-electron chi connectivity index (χ2n) is 8.01. The van der Waals surface area contributed by atoms with E-state index in [-0.39, 0.29) is 5.41 Å². The summed E-state index contributed by atoms with van der Waals surface area (Å²) in [7, 11) is 0. The van der Waals surface area contributed by atoms with Crippen LogP contribution in [0.25, 0.3) is 0 Å². The normalized spacial score (nSPS) is 39.1. The van der Waals surface area contributed by atoms with Gasteiger partial charge in [-0.3, -0.25) is 4.79 Å². The highest BCUT2D eigenvalue weighted by molar-refractivity contribution is 5.65. The van der Waals surface area contributed by atoms with Crippen molar-refractivity contribution >= 4 is 6.29 Å². The number of aliphatic hydroxyl groups excluding tert-OH is 1. The Kier molecular flexibility index (Phi) is 5.32. The van der Waals surface area contributed by atoms with Crippen molar-refractivity contribution in [2.45, 2.75) is 66.2 Å². The lowest BCUT2D eigenvalue weighted by Crippen LogP contribution is -2.51. The van der Waals surface area contributed by atoms with Crippen molar-refractivity contribution < 1.29 is 9.90 Å². The summed E-state index contributed by atoms with van der Waals surface area (Å²) < 4.78 is 0. The van der Waals surface area contributed by atoms with Crippen molar-refractivity contribution in [3.8, 4) is 0 Å². The van der Waals surface area contributed by atoms with Crippen molar-refractivity contribution in [1.29, 1.82) is 0 Å². The van der Waals surface area contributed by atoms with Crippen LogP contribution < -0.4 is 0 Å². The second kappa shape index (κ2) is 6.70. The Labute approximate surface area is 135 Å². The predicted octanol–water partition coefficient (Wildman–Crippen LogP) is 4.68. The molecule has 0 aromatic rings. The van der Waals surface area contributed by atoms with E-state index in [0.29, 0.717) is 23.9 Å². The molecular formula is C20H32O2. The molecule has 0 radical (unpaired) electrons. The maximum atomic E-state index is 10.7. The minimum absolute atomic E-state index is 0.162.